The van der Waals surface area contributed by atoms with E-state index in [1.165, 1.54) is 5.57 Å². The van der Waals surface area contributed by atoms with E-state index in [0.29, 0.717) is 5.92 Å². The summed E-state index contributed by atoms with van der Waals surface area (Å²) in [5.41, 5.74) is 1.84. The molecule has 4 aliphatic carbocycles. The van der Waals surface area contributed by atoms with Crippen molar-refractivity contribution < 1.29 is 15.0 Å². The lowest BCUT2D eigenvalue weighted by atomic mass is 9.47. The number of allylic oxidation sites excluding steroid dienone is 4. The summed E-state index contributed by atoms with van der Waals surface area (Å²) >= 11 is 0. The van der Waals surface area contributed by atoms with Gasteiger partial charge in [0, 0.05) is 16.4 Å². The molecule has 2 bridgehead atoms. The molecule has 0 aliphatic heterocycles. The molecule has 3 heteroatoms. The highest BCUT2D eigenvalue weighted by Gasteiger charge is 2.60. The van der Waals surface area contributed by atoms with Gasteiger partial charge < -0.3 is 10.2 Å². The topological polar surface area (TPSA) is 57.5 Å². The highest BCUT2D eigenvalue weighted by Crippen LogP contribution is 2.68. The van der Waals surface area contributed by atoms with Crippen LogP contribution >= 0.6 is 0 Å². The molecule has 0 aromatic carbocycles. The van der Waals surface area contributed by atoms with Gasteiger partial charge in [-0.3, -0.25) is 4.79 Å². The molecule has 22 heavy (non-hydrogen) atoms. The molecule has 0 aromatic heterocycles. The van der Waals surface area contributed by atoms with Crippen LogP contribution in [-0.4, -0.2) is 22.6 Å². The zero-order valence-electron chi connectivity index (χ0n) is 13.4. The van der Waals surface area contributed by atoms with Crippen LogP contribution in [0, 0.1) is 22.2 Å². The van der Waals surface area contributed by atoms with Crippen LogP contribution < -0.4 is 0 Å². The minimum Gasteiger partial charge on any atom is -0.504 e. The van der Waals surface area contributed by atoms with E-state index in [0.717, 1.165) is 37.7 Å². The van der Waals surface area contributed by atoms with E-state index in [2.05, 4.69) is 19.1 Å². The van der Waals surface area contributed by atoms with Crippen molar-refractivity contribution in [2.24, 2.45) is 22.2 Å². The molecule has 4 atom stereocenters. The molecule has 0 aromatic rings. The van der Waals surface area contributed by atoms with Gasteiger partial charge >= 0.3 is 0 Å². The number of fused-ring (bicyclic) bond motifs is 3. The van der Waals surface area contributed by atoms with Crippen LogP contribution in [0.2, 0.25) is 0 Å². The van der Waals surface area contributed by atoms with Crippen LogP contribution in [0.25, 0.3) is 0 Å². The largest absolute Gasteiger partial charge is 0.504 e. The van der Waals surface area contributed by atoms with Gasteiger partial charge in [-0.1, -0.05) is 24.6 Å². The zero-order valence-corrected chi connectivity index (χ0v) is 13.4. The van der Waals surface area contributed by atoms with Crippen LogP contribution in [0.3, 0.4) is 0 Å². The Morgan fingerprint density at radius 2 is 2.09 bits per heavy atom. The lowest BCUT2D eigenvalue weighted by molar-refractivity contribution is -0.115. The van der Waals surface area contributed by atoms with Gasteiger partial charge in [0.05, 0.1) is 6.61 Å². The van der Waals surface area contributed by atoms with Gasteiger partial charge in [0.1, 0.15) is 0 Å². The van der Waals surface area contributed by atoms with Crippen molar-refractivity contribution in [1.29, 1.82) is 0 Å². The van der Waals surface area contributed by atoms with Crippen LogP contribution in [0.15, 0.2) is 35.1 Å². The first kappa shape index (κ1) is 14.3. The number of hydrogen-bond acceptors (Lipinski definition) is 3. The number of carbonyl (C=O) groups excluding carboxylic acids is 1. The fourth-order valence-corrected chi connectivity index (χ4v) is 5.97. The maximum absolute atomic E-state index is 12.1. The molecule has 1 spiro atoms. The van der Waals surface area contributed by atoms with Crippen molar-refractivity contribution in [3.8, 4) is 0 Å². The Morgan fingerprint density at radius 3 is 2.82 bits per heavy atom. The molecular weight excluding hydrogens is 276 g/mol. The minimum absolute atomic E-state index is 0.0284. The molecule has 0 radical (unpaired) electrons. The summed E-state index contributed by atoms with van der Waals surface area (Å²) in [5, 5.41) is 19.9. The predicted molar refractivity (Wildman–Crippen MR) is 84.2 cm³/mol. The lowest BCUT2D eigenvalue weighted by Gasteiger charge is -2.57. The second-order valence-electron chi connectivity index (χ2n) is 8.10. The first-order valence-corrected chi connectivity index (χ1v) is 8.34. The fourth-order valence-electron chi connectivity index (χ4n) is 5.97. The number of carbonyl (C=O) groups is 1. The second kappa shape index (κ2) is 4.14. The zero-order chi connectivity index (χ0) is 15.8. The van der Waals surface area contributed by atoms with Crippen LogP contribution in [0.5, 0.6) is 0 Å². The van der Waals surface area contributed by atoms with Crippen molar-refractivity contribution >= 4 is 5.78 Å². The summed E-state index contributed by atoms with van der Waals surface area (Å²) < 4.78 is 0. The van der Waals surface area contributed by atoms with Gasteiger partial charge in [-0.05, 0) is 56.4 Å². The molecule has 4 rings (SSSR count). The number of aliphatic hydroxyl groups excluding tert-OH is 2. The van der Waals surface area contributed by atoms with Gasteiger partial charge in [-0.25, -0.2) is 0 Å². The maximum Gasteiger partial charge on any atom is 0.222 e. The molecule has 0 unspecified atom stereocenters. The first-order chi connectivity index (χ1) is 10.4. The molecule has 0 heterocycles. The summed E-state index contributed by atoms with van der Waals surface area (Å²) in [6, 6.07) is 0. The van der Waals surface area contributed by atoms with Crippen molar-refractivity contribution in [3.63, 3.8) is 0 Å². The lowest BCUT2D eigenvalue weighted by Crippen LogP contribution is -2.50. The third kappa shape index (κ3) is 1.53. The third-order valence-electron chi connectivity index (χ3n) is 7.07. The maximum atomic E-state index is 12.1. The molecule has 3 nitrogen and oxygen atoms in total. The number of aliphatic hydroxyl groups is 2. The quantitative estimate of drug-likeness (QED) is 0.729. The number of rotatable bonds is 1. The van der Waals surface area contributed by atoms with Crippen LogP contribution in [-0.2, 0) is 4.79 Å². The van der Waals surface area contributed by atoms with Crippen molar-refractivity contribution in [2.45, 2.75) is 46.0 Å². The fraction of sp³-hybridized carbons (Fsp3) is 0.632. The highest BCUT2D eigenvalue weighted by molar-refractivity contribution is 6.08. The standard InChI is InChI=1S/C19H24O3/c1-12-13-3-6-19-8-7-18(10-19,11-20)5-4-15(19)17(13,2)9-14(21)16(12)22/h7-9,15,20-21H,3-6,10-11H2,1-2H3/t15-,17+,18+,19+/m0/s1. The van der Waals surface area contributed by atoms with Crippen molar-refractivity contribution in [2.75, 3.05) is 6.61 Å². The Hall–Kier alpha value is -1.35. The van der Waals surface area contributed by atoms with Gasteiger partial charge in [-0.15, -0.1) is 0 Å². The first-order valence-electron chi connectivity index (χ1n) is 8.34. The van der Waals surface area contributed by atoms with Crippen LogP contribution in [0.4, 0.5) is 0 Å². The molecule has 2 fully saturated rings. The van der Waals surface area contributed by atoms with E-state index in [1.54, 1.807) is 0 Å². The summed E-state index contributed by atoms with van der Waals surface area (Å²) in [6.07, 6.45) is 11.4. The third-order valence-corrected chi connectivity index (χ3v) is 7.07. The Balaban J connectivity index is 1.83. The summed E-state index contributed by atoms with van der Waals surface area (Å²) in [6.45, 7) is 4.29. The van der Waals surface area contributed by atoms with E-state index in [4.69, 9.17) is 0 Å². The Morgan fingerprint density at radius 1 is 1.32 bits per heavy atom. The Labute approximate surface area is 131 Å². The van der Waals surface area contributed by atoms with E-state index in [9.17, 15) is 15.0 Å². The summed E-state index contributed by atoms with van der Waals surface area (Å²) in [5.74, 6) is 0.125. The van der Waals surface area contributed by atoms with Gasteiger partial charge in [0.25, 0.3) is 0 Å². The molecule has 118 valence electrons. The molecule has 0 saturated heterocycles. The van der Waals surface area contributed by atoms with E-state index in [-0.39, 0.29) is 34.4 Å². The minimum atomic E-state index is -0.226. The summed E-state index contributed by atoms with van der Waals surface area (Å²) in [4.78, 5) is 12.1. The molecule has 0 amide bonds. The SMILES string of the molecule is CC1=C2CC[C@]34C=C[C@](CO)(CC[C@H]3[C@]2(C)C=C(O)C1=O)C4. The number of Topliss-reactive ketones (excluding diaryl/α,β-unsaturated/α-hetero) is 1. The second-order valence-corrected chi connectivity index (χ2v) is 8.10. The van der Waals surface area contributed by atoms with Gasteiger partial charge in [0.2, 0.25) is 5.78 Å². The van der Waals surface area contributed by atoms with E-state index < -0.39 is 0 Å². The predicted octanol–water partition coefficient (Wildman–Crippen LogP) is 3.46. The van der Waals surface area contributed by atoms with Crippen molar-refractivity contribution in [3.05, 3.63) is 35.1 Å². The average Bonchev–Trinajstić information content (AvgIpc) is 2.77. The normalized spacial score (nSPS) is 46.4. The molecule has 2 saturated carbocycles. The smallest absolute Gasteiger partial charge is 0.222 e. The monoisotopic (exact) mass is 300 g/mol. The van der Waals surface area contributed by atoms with E-state index in [1.807, 2.05) is 13.0 Å². The average molecular weight is 300 g/mol. The number of hydrogen-bond donors (Lipinski definition) is 2. The summed E-state index contributed by atoms with van der Waals surface area (Å²) in [7, 11) is 0. The Kier molecular flexibility index (Phi) is 2.68. The van der Waals surface area contributed by atoms with Crippen molar-refractivity contribution in [1.82, 2.24) is 0 Å². The van der Waals surface area contributed by atoms with Crippen LogP contribution in [0.1, 0.15) is 46.0 Å². The van der Waals surface area contributed by atoms with E-state index >= 15 is 0 Å². The van der Waals surface area contributed by atoms with Gasteiger partial charge in [0.15, 0.2) is 5.76 Å². The van der Waals surface area contributed by atoms with Gasteiger partial charge in [-0.2, -0.15) is 0 Å². The number of ketones is 1. The molecule has 4 aliphatic rings. The Bertz CT molecular complexity index is 656. The molecular formula is C19H24O3. The highest BCUT2D eigenvalue weighted by atomic mass is 16.3. The molecule has 2 N–H and O–H groups in total.